The normalized spacial score (nSPS) is 11.6. The van der Waals surface area contributed by atoms with Crippen LogP contribution in [0.15, 0.2) is 24.4 Å². The molecule has 0 fully saturated rings. The minimum atomic E-state index is -3.44. The lowest BCUT2D eigenvalue weighted by atomic mass is 10.2. The number of hydrogen-bond donors (Lipinski definition) is 1. The Kier molecular flexibility index (Phi) is 4.21. The molecular formula is C14H16N4O3S. The van der Waals surface area contributed by atoms with E-state index in [2.05, 4.69) is 11.4 Å². The first-order chi connectivity index (χ1) is 10.3. The quantitative estimate of drug-likeness (QED) is 0.907. The maximum atomic E-state index is 12.1. The molecule has 0 bridgehead atoms. The first-order valence-electron chi connectivity index (χ1n) is 6.46. The van der Waals surface area contributed by atoms with E-state index in [1.807, 2.05) is 12.1 Å². The highest BCUT2D eigenvalue weighted by Gasteiger charge is 2.19. The summed E-state index contributed by atoms with van der Waals surface area (Å²) in [4.78, 5) is 12.1. The molecule has 2 heterocycles. The van der Waals surface area contributed by atoms with Crippen LogP contribution in [0.4, 0.5) is 5.82 Å². The van der Waals surface area contributed by atoms with E-state index in [0.717, 1.165) is 21.6 Å². The summed E-state index contributed by atoms with van der Waals surface area (Å²) in [5.74, 6) is -0.157. The van der Waals surface area contributed by atoms with Gasteiger partial charge in [-0.2, -0.15) is 9.57 Å². The van der Waals surface area contributed by atoms with Crippen molar-refractivity contribution in [1.82, 2.24) is 8.71 Å². The van der Waals surface area contributed by atoms with Crippen molar-refractivity contribution in [3.05, 3.63) is 35.5 Å². The van der Waals surface area contributed by atoms with Gasteiger partial charge in [-0.15, -0.1) is 0 Å². The average molecular weight is 320 g/mol. The van der Waals surface area contributed by atoms with Gasteiger partial charge in [0.05, 0.1) is 23.9 Å². The zero-order chi connectivity index (χ0) is 16.5. The van der Waals surface area contributed by atoms with Crippen LogP contribution in [-0.4, -0.2) is 42.9 Å². The lowest BCUT2D eigenvalue weighted by Crippen LogP contribution is -2.34. The molecule has 0 radical (unpaired) electrons. The molecule has 0 saturated heterocycles. The first-order valence-corrected chi connectivity index (χ1v) is 8.31. The van der Waals surface area contributed by atoms with Crippen LogP contribution in [0.25, 0.3) is 5.52 Å². The molecule has 1 amide bonds. The molecule has 7 nitrogen and oxygen atoms in total. The minimum Gasteiger partial charge on any atom is -0.310 e. The van der Waals surface area contributed by atoms with E-state index in [0.29, 0.717) is 11.4 Å². The number of aryl methyl sites for hydroxylation is 1. The number of hydrogen-bond acceptors (Lipinski definition) is 4. The van der Waals surface area contributed by atoms with Gasteiger partial charge in [-0.05, 0) is 24.6 Å². The third-order valence-corrected chi connectivity index (χ3v) is 4.66. The van der Waals surface area contributed by atoms with Crippen LogP contribution in [-0.2, 0) is 14.8 Å². The van der Waals surface area contributed by atoms with Gasteiger partial charge < -0.3 is 9.72 Å². The number of rotatable bonds is 4. The second-order valence-corrected chi connectivity index (χ2v) is 7.07. The molecule has 8 heteroatoms. The molecule has 0 aliphatic heterocycles. The maximum Gasteiger partial charge on any atom is 0.240 e. The summed E-state index contributed by atoms with van der Waals surface area (Å²) in [7, 11) is -2.12. The molecule has 2 aromatic heterocycles. The summed E-state index contributed by atoms with van der Waals surface area (Å²) in [5.41, 5.74) is 1.93. The predicted molar refractivity (Wildman–Crippen MR) is 83.0 cm³/mol. The lowest BCUT2D eigenvalue weighted by molar-refractivity contribution is -0.116. The summed E-state index contributed by atoms with van der Waals surface area (Å²) < 4.78 is 25.3. The monoisotopic (exact) mass is 320 g/mol. The predicted octanol–water partition coefficient (Wildman–Crippen LogP) is 0.949. The Hall–Kier alpha value is -2.37. The van der Waals surface area contributed by atoms with Crippen LogP contribution in [0.1, 0.15) is 11.1 Å². The van der Waals surface area contributed by atoms with Crippen LogP contribution in [0, 0.1) is 18.3 Å². The molecule has 2 aromatic rings. The van der Waals surface area contributed by atoms with Gasteiger partial charge in [-0.25, -0.2) is 8.42 Å². The number of nitrogens with one attached hydrogen (secondary N) is 1. The van der Waals surface area contributed by atoms with Crippen LogP contribution < -0.4 is 5.32 Å². The minimum absolute atomic E-state index is 0.317. The molecule has 116 valence electrons. The SMILES string of the molecule is Cc1c(C#N)c(NC(=O)CN(C)S(C)(=O)=O)n2ccccc12. The van der Waals surface area contributed by atoms with Gasteiger partial charge in [0, 0.05) is 13.2 Å². The second-order valence-electron chi connectivity index (χ2n) is 4.98. The number of anilines is 1. The fourth-order valence-electron chi connectivity index (χ4n) is 2.12. The van der Waals surface area contributed by atoms with Crippen molar-refractivity contribution >= 4 is 27.3 Å². The summed E-state index contributed by atoms with van der Waals surface area (Å²) >= 11 is 0. The van der Waals surface area contributed by atoms with Gasteiger partial charge in [-0.3, -0.25) is 4.79 Å². The van der Waals surface area contributed by atoms with Gasteiger partial charge in [0.15, 0.2) is 0 Å². The third kappa shape index (κ3) is 2.95. The summed E-state index contributed by atoms with van der Waals surface area (Å²) in [6, 6.07) is 7.54. The Balaban J connectivity index is 2.36. The smallest absolute Gasteiger partial charge is 0.240 e. The maximum absolute atomic E-state index is 12.1. The number of carbonyl (C=O) groups excluding carboxylic acids is 1. The number of fused-ring (bicyclic) bond motifs is 1. The summed E-state index contributed by atoms with van der Waals surface area (Å²) in [6.07, 6.45) is 2.76. The zero-order valence-electron chi connectivity index (χ0n) is 12.5. The number of amides is 1. The summed E-state index contributed by atoms with van der Waals surface area (Å²) in [5, 5.41) is 11.9. The lowest BCUT2D eigenvalue weighted by Gasteiger charge is -2.13. The largest absolute Gasteiger partial charge is 0.310 e. The van der Waals surface area contributed by atoms with E-state index >= 15 is 0 Å². The van der Waals surface area contributed by atoms with Gasteiger partial charge in [-0.1, -0.05) is 6.07 Å². The highest BCUT2D eigenvalue weighted by atomic mass is 32.2. The van der Waals surface area contributed by atoms with Crippen molar-refractivity contribution in [2.75, 3.05) is 25.2 Å². The first kappa shape index (κ1) is 16.0. The molecule has 0 aliphatic rings. The van der Waals surface area contributed by atoms with Crippen molar-refractivity contribution in [2.45, 2.75) is 6.92 Å². The molecule has 1 N–H and O–H groups in total. The van der Waals surface area contributed by atoms with E-state index in [-0.39, 0.29) is 6.54 Å². The Labute approximate surface area is 128 Å². The van der Waals surface area contributed by atoms with E-state index in [1.54, 1.807) is 23.6 Å². The van der Waals surface area contributed by atoms with Gasteiger partial charge in [0.2, 0.25) is 15.9 Å². The Morgan fingerprint density at radius 2 is 2.14 bits per heavy atom. The fourth-order valence-corrected chi connectivity index (χ4v) is 2.47. The average Bonchev–Trinajstić information content (AvgIpc) is 2.71. The van der Waals surface area contributed by atoms with Crippen LogP contribution >= 0.6 is 0 Å². The van der Waals surface area contributed by atoms with Crippen molar-refractivity contribution in [1.29, 1.82) is 5.26 Å². The highest BCUT2D eigenvalue weighted by molar-refractivity contribution is 7.88. The molecule has 2 rings (SSSR count). The Morgan fingerprint density at radius 1 is 1.45 bits per heavy atom. The molecule has 0 spiro atoms. The molecule has 0 saturated carbocycles. The number of sulfonamides is 1. The fraction of sp³-hybridized carbons (Fsp3) is 0.286. The van der Waals surface area contributed by atoms with Gasteiger partial charge in [0.25, 0.3) is 0 Å². The van der Waals surface area contributed by atoms with Crippen LogP contribution in [0.5, 0.6) is 0 Å². The molecular weight excluding hydrogens is 304 g/mol. The van der Waals surface area contributed by atoms with Crippen LogP contribution in [0.2, 0.25) is 0 Å². The standard InChI is InChI=1S/C14H16N4O3S/c1-10-11(8-15)14(18-7-5-4-6-12(10)18)16-13(19)9-17(2)22(3,20)21/h4-7H,9H2,1-3H3,(H,16,19). The number of carbonyl (C=O) groups is 1. The third-order valence-electron chi connectivity index (χ3n) is 3.40. The number of nitrogens with zero attached hydrogens (tertiary/aromatic N) is 3. The van der Waals surface area contributed by atoms with Gasteiger partial charge in [0.1, 0.15) is 11.9 Å². The second kappa shape index (κ2) is 5.79. The number of likely N-dealkylation sites (N-methyl/N-ethyl adjacent to an activating group) is 1. The molecule has 0 aromatic carbocycles. The summed E-state index contributed by atoms with van der Waals surface area (Å²) in [6.45, 7) is 1.48. The molecule has 0 unspecified atom stereocenters. The van der Waals surface area contributed by atoms with E-state index < -0.39 is 15.9 Å². The van der Waals surface area contributed by atoms with Crippen molar-refractivity contribution in [3.8, 4) is 6.07 Å². The Bertz CT molecular complexity index is 877. The van der Waals surface area contributed by atoms with Gasteiger partial charge >= 0.3 is 0 Å². The van der Waals surface area contributed by atoms with Crippen LogP contribution in [0.3, 0.4) is 0 Å². The van der Waals surface area contributed by atoms with E-state index in [1.165, 1.54) is 7.05 Å². The Morgan fingerprint density at radius 3 is 2.73 bits per heavy atom. The van der Waals surface area contributed by atoms with Crippen molar-refractivity contribution in [3.63, 3.8) is 0 Å². The highest BCUT2D eigenvalue weighted by Crippen LogP contribution is 2.26. The van der Waals surface area contributed by atoms with Crippen molar-refractivity contribution < 1.29 is 13.2 Å². The number of pyridine rings is 1. The number of aromatic nitrogens is 1. The topological polar surface area (TPSA) is 94.7 Å². The molecule has 22 heavy (non-hydrogen) atoms. The molecule has 0 aliphatic carbocycles. The van der Waals surface area contributed by atoms with E-state index in [9.17, 15) is 18.5 Å². The van der Waals surface area contributed by atoms with E-state index in [4.69, 9.17) is 0 Å². The number of nitriles is 1. The zero-order valence-corrected chi connectivity index (χ0v) is 13.3. The van der Waals surface area contributed by atoms with Crippen molar-refractivity contribution in [2.24, 2.45) is 0 Å². The molecule has 0 atom stereocenters.